The number of nitrogens with one attached hydrogen (secondary N) is 1. The van der Waals surface area contributed by atoms with E-state index in [2.05, 4.69) is 14.9 Å². The first-order chi connectivity index (χ1) is 7.74. The molecule has 0 saturated heterocycles. The molecular weight excluding hydrogens is 269 g/mol. The molecule has 0 fully saturated rings. The monoisotopic (exact) mass is 277 g/mol. The third-order valence-electron chi connectivity index (χ3n) is 1.84. The Morgan fingerprint density at radius 2 is 2.00 bits per heavy atom. The van der Waals surface area contributed by atoms with Gasteiger partial charge in [-0.25, -0.2) is 0 Å². The molecule has 0 spiro atoms. The molecule has 0 aliphatic carbocycles. The van der Waals surface area contributed by atoms with E-state index in [0.29, 0.717) is 11.6 Å². The van der Waals surface area contributed by atoms with Gasteiger partial charge < -0.3 is 4.55 Å². The van der Waals surface area contributed by atoms with Crippen molar-refractivity contribution in [3.63, 3.8) is 0 Å². The molecule has 85 valence electrons. The van der Waals surface area contributed by atoms with Gasteiger partial charge in [-0.2, -0.15) is 0 Å². The normalized spacial score (nSPS) is 11.6. The van der Waals surface area contributed by atoms with Crippen molar-refractivity contribution in [2.75, 3.05) is 4.72 Å². The Morgan fingerprint density at radius 3 is 2.65 bits per heavy atom. The molecule has 0 aliphatic heterocycles. The smallest absolute Gasteiger partial charge is 0.216 e. The van der Waals surface area contributed by atoms with Gasteiger partial charge in [0.05, 0.1) is 0 Å². The molecule has 8 heteroatoms. The quantitative estimate of drug-likeness (QED) is 0.667. The van der Waals surface area contributed by atoms with Crippen LogP contribution in [0.1, 0.15) is 10.6 Å². The Balaban J connectivity index is 0.00000144. The summed E-state index contributed by atoms with van der Waals surface area (Å²) in [5, 5.41) is 8.68. The van der Waals surface area contributed by atoms with Gasteiger partial charge in [-0.15, -0.1) is 10.2 Å². The summed E-state index contributed by atoms with van der Waals surface area (Å²) < 4.78 is 22.9. The van der Waals surface area contributed by atoms with Gasteiger partial charge >= 0.3 is 0 Å². The molecule has 5 nitrogen and oxygen atoms in total. The molecule has 1 N–H and O–H groups in total. The second-order valence-corrected chi connectivity index (χ2v) is 4.74. The maximum absolute atomic E-state index is 10.4. The van der Waals surface area contributed by atoms with Crippen molar-refractivity contribution in [1.29, 1.82) is 0 Å². The number of anilines is 1. The van der Waals surface area contributed by atoms with E-state index in [-0.39, 0.29) is 29.6 Å². The van der Waals surface area contributed by atoms with Gasteiger partial charge in [0, 0.05) is 47.2 Å². The number of nitrogens with zero attached hydrogens (tertiary/aromatic N) is 2. The molecule has 1 unspecified atom stereocenters. The summed E-state index contributed by atoms with van der Waals surface area (Å²) in [6.07, 6.45) is 0.658. The molecule has 2 aromatic rings. The van der Waals surface area contributed by atoms with Crippen molar-refractivity contribution in [2.45, 2.75) is 6.42 Å². The average Bonchev–Trinajstić information content (AvgIpc) is 2.66. The van der Waals surface area contributed by atoms with Gasteiger partial charge in [-0.05, 0) is 5.56 Å². The Morgan fingerprint density at radius 1 is 1.29 bits per heavy atom. The number of aromatic nitrogens is 2. The molecule has 1 aromatic heterocycles. The summed E-state index contributed by atoms with van der Waals surface area (Å²) in [6.45, 7) is 0. The maximum atomic E-state index is 10.4. The van der Waals surface area contributed by atoms with E-state index in [9.17, 15) is 8.76 Å². The van der Waals surface area contributed by atoms with Gasteiger partial charge in [0.2, 0.25) is 5.13 Å². The van der Waals surface area contributed by atoms with E-state index >= 15 is 0 Å². The van der Waals surface area contributed by atoms with Crippen LogP contribution in [0.15, 0.2) is 30.3 Å². The predicted octanol–water partition coefficient (Wildman–Crippen LogP) is 0.954. The molecule has 1 radical (unpaired) electrons. The fourth-order valence-electron chi connectivity index (χ4n) is 1.21. The van der Waals surface area contributed by atoms with Crippen LogP contribution in [0.2, 0.25) is 0 Å². The van der Waals surface area contributed by atoms with Crippen LogP contribution in [0.25, 0.3) is 0 Å². The molecule has 0 aliphatic rings. The Labute approximate surface area is 127 Å². The summed E-state index contributed by atoms with van der Waals surface area (Å²) in [5.41, 5.74) is 1.12. The number of hydrogen-bond acceptors (Lipinski definition) is 5. The third kappa shape index (κ3) is 4.82. The first-order valence-corrected chi connectivity index (χ1v) is 6.35. The zero-order valence-corrected chi connectivity index (χ0v) is 12.8. The standard InChI is InChI=1S/C9H9N3O2S2.Na/c13-16(14)12-9-11-10-8(15-9)6-7-4-2-1-3-5-7;/h1-5H,6H2,(H,11,12)(H,13,14);/p-1. The molecule has 1 atom stereocenters. The predicted molar refractivity (Wildman–Crippen MR) is 67.5 cm³/mol. The van der Waals surface area contributed by atoms with Crippen molar-refractivity contribution >= 4 is 57.3 Å². The molecular formula is C9H8N3NaO2S2-. The van der Waals surface area contributed by atoms with E-state index in [4.69, 9.17) is 0 Å². The van der Waals surface area contributed by atoms with Gasteiger partial charge in [0.1, 0.15) is 5.01 Å². The van der Waals surface area contributed by atoms with Crippen LogP contribution >= 0.6 is 11.3 Å². The number of hydrogen-bond donors (Lipinski definition) is 1. The second kappa shape index (κ2) is 7.20. The van der Waals surface area contributed by atoms with E-state index in [1.807, 2.05) is 30.3 Å². The fourth-order valence-corrected chi connectivity index (χ4v) is 2.39. The van der Waals surface area contributed by atoms with Crippen LogP contribution in [0.5, 0.6) is 0 Å². The van der Waals surface area contributed by atoms with Crippen LogP contribution in [-0.4, -0.2) is 48.5 Å². The first kappa shape index (κ1) is 14.7. The summed E-state index contributed by atoms with van der Waals surface area (Å²) in [4.78, 5) is 0. The van der Waals surface area contributed by atoms with E-state index < -0.39 is 11.3 Å². The van der Waals surface area contributed by atoms with Crippen molar-refractivity contribution in [3.05, 3.63) is 40.9 Å². The third-order valence-corrected chi connectivity index (χ3v) is 3.16. The van der Waals surface area contributed by atoms with Crippen molar-refractivity contribution in [1.82, 2.24) is 10.2 Å². The SMILES string of the molecule is O=S([O-])Nc1nnc(Cc2ccccc2)s1.[Na]. The average molecular weight is 277 g/mol. The number of benzene rings is 1. The van der Waals surface area contributed by atoms with Crippen LogP contribution in [-0.2, 0) is 17.7 Å². The topological polar surface area (TPSA) is 77.9 Å². The Kier molecular flexibility index (Phi) is 6.24. The van der Waals surface area contributed by atoms with Crippen molar-refractivity contribution in [2.24, 2.45) is 0 Å². The molecule has 0 saturated carbocycles. The van der Waals surface area contributed by atoms with Gasteiger partial charge in [0.25, 0.3) is 0 Å². The molecule has 1 heterocycles. The molecule has 0 bridgehead atoms. The zero-order chi connectivity index (χ0) is 11.4. The summed E-state index contributed by atoms with van der Waals surface area (Å²) in [6, 6.07) is 9.81. The van der Waals surface area contributed by atoms with E-state index in [1.165, 1.54) is 11.3 Å². The van der Waals surface area contributed by atoms with Gasteiger partial charge in [-0.1, -0.05) is 41.7 Å². The molecule has 1 aromatic carbocycles. The zero-order valence-electron chi connectivity index (χ0n) is 9.12. The van der Waals surface area contributed by atoms with Crippen LogP contribution < -0.4 is 4.72 Å². The van der Waals surface area contributed by atoms with Crippen LogP contribution in [0.4, 0.5) is 5.13 Å². The fraction of sp³-hybridized carbons (Fsp3) is 0.111. The minimum absolute atomic E-state index is 0. The molecule has 2 rings (SSSR count). The largest absolute Gasteiger partial charge is 0.755 e. The second-order valence-electron chi connectivity index (χ2n) is 3.00. The van der Waals surface area contributed by atoms with Crippen LogP contribution in [0, 0.1) is 0 Å². The number of rotatable bonds is 4. The first-order valence-electron chi connectivity index (χ1n) is 4.46. The van der Waals surface area contributed by atoms with E-state index in [1.54, 1.807) is 0 Å². The summed E-state index contributed by atoms with van der Waals surface area (Å²) >= 11 is -1.11. The minimum atomic E-state index is -2.34. The van der Waals surface area contributed by atoms with Gasteiger partial charge in [0.15, 0.2) is 0 Å². The van der Waals surface area contributed by atoms with E-state index in [0.717, 1.165) is 10.6 Å². The van der Waals surface area contributed by atoms with Gasteiger partial charge in [-0.3, -0.25) is 8.93 Å². The van der Waals surface area contributed by atoms with Crippen molar-refractivity contribution < 1.29 is 8.76 Å². The maximum Gasteiger partial charge on any atom is 0.216 e. The molecule has 0 amide bonds. The minimum Gasteiger partial charge on any atom is -0.755 e. The Bertz CT molecular complexity index is 492. The Hall–Kier alpha value is -0.310. The summed E-state index contributed by atoms with van der Waals surface area (Å²) in [7, 11) is 0. The van der Waals surface area contributed by atoms with Crippen molar-refractivity contribution in [3.8, 4) is 0 Å². The van der Waals surface area contributed by atoms with Crippen LogP contribution in [0.3, 0.4) is 0 Å². The molecule has 17 heavy (non-hydrogen) atoms. The summed E-state index contributed by atoms with van der Waals surface area (Å²) in [5.74, 6) is 0.